The minimum Gasteiger partial charge on any atom is -0.313 e. The highest BCUT2D eigenvalue weighted by Crippen LogP contribution is 2.23. The van der Waals surface area contributed by atoms with E-state index >= 15 is 0 Å². The van der Waals surface area contributed by atoms with Crippen molar-refractivity contribution in [3.05, 3.63) is 78.1 Å². The average Bonchev–Trinajstić information content (AvgIpc) is 3.30. The van der Waals surface area contributed by atoms with Crippen LogP contribution in [0.25, 0.3) is 27.9 Å². The van der Waals surface area contributed by atoms with Gasteiger partial charge in [0.2, 0.25) is 5.95 Å². The number of amides is 1. The summed E-state index contributed by atoms with van der Waals surface area (Å²) in [4.78, 5) is 21.8. The van der Waals surface area contributed by atoms with Crippen LogP contribution >= 0.6 is 0 Å². The lowest BCUT2D eigenvalue weighted by Crippen LogP contribution is -2.15. The van der Waals surface area contributed by atoms with Crippen LogP contribution in [-0.2, 0) is 7.05 Å². The SMILES string of the molecule is Cc1ccc(-c2ccnc3c(C(=O)Nc4nc5ccccc5n4C)cnn23)cc1. The molecule has 0 unspecified atom stereocenters. The van der Waals surface area contributed by atoms with Gasteiger partial charge in [-0.05, 0) is 25.1 Å². The van der Waals surface area contributed by atoms with Gasteiger partial charge < -0.3 is 4.57 Å². The molecule has 7 nitrogen and oxygen atoms in total. The highest BCUT2D eigenvalue weighted by atomic mass is 16.1. The second-order valence-corrected chi connectivity index (χ2v) is 6.93. The van der Waals surface area contributed by atoms with Crippen molar-refractivity contribution >= 4 is 28.5 Å². The van der Waals surface area contributed by atoms with Crippen molar-refractivity contribution in [2.75, 3.05) is 5.32 Å². The number of para-hydroxylation sites is 2. The lowest BCUT2D eigenvalue weighted by atomic mass is 10.1. The number of rotatable bonds is 3. The Hall–Kier alpha value is -4.00. The summed E-state index contributed by atoms with van der Waals surface area (Å²) in [5.74, 6) is 0.178. The highest BCUT2D eigenvalue weighted by Gasteiger charge is 2.18. The topological polar surface area (TPSA) is 77.1 Å². The summed E-state index contributed by atoms with van der Waals surface area (Å²) < 4.78 is 3.54. The first-order valence-corrected chi connectivity index (χ1v) is 9.24. The second kappa shape index (κ2) is 6.56. The predicted octanol–water partition coefficient (Wildman–Crippen LogP) is 3.84. The fourth-order valence-corrected chi connectivity index (χ4v) is 3.42. The van der Waals surface area contributed by atoms with E-state index < -0.39 is 0 Å². The first-order valence-electron chi connectivity index (χ1n) is 9.24. The molecule has 7 heteroatoms. The lowest BCUT2D eigenvalue weighted by Gasteiger charge is -2.06. The monoisotopic (exact) mass is 382 g/mol. The average molecular weight is 382 g/mol. The van der Waals surface area contributed by atoms with E-state index in [1.165, 1.54) is 11.8 Å². The lowest BCUT2D eigenvalue weighted by molar-refractivity contribution is 0.102. The third kappa shape index (κ3) is 2.84. The molecule has 1 N–H and O–H groups in total. The van der Waals surface area contributed by atoms with Gasteiger partial charge in [0.1, 0.15) is 5.56 Å². The van der Waals surface area contributed by atoms with Crippen LogP contribution < -0.4 is 5.32 Å². The normalized spacial score (nSPS) is 11.2. The maximum atomic E-state index is 13.0. The molecule has 0 fully saturated rings. The number of benzene rings is 2. The van der Waals surface area contributed by atoms with E-state index in [1.807, 2.05) is 73.1 Å². The summed E-state index contributed by atoms with van der Waals surface area (Å²) in [6.07, 6.45) is 3.23. The molecule has 0 aliphatic heterocycles. The van der Waals surface area contributed by atoms with Crippen molar-refractivity contribution < 1.29 is 4.79 Å². The molecule has 0 atom stereocenters. The molecule has 0 aliphatic rings. The van der Waals surface area contributed by atoms with Gasteiger partial charge in [-0.2, -0.15) is 5.10 Å². The van der Waals surface area contributed by atoms with E-state index in [0.29, 0.717) is 17.2 Å². The van der Waals surface area contributed by atoms with Crippen molar-refractivity contribution in [2.45, 2.75) is 6.92 Å². The quantitative estimate of drug-likeness (QED) is 0.514. The van der Waals surface area contributed by atoms with E-state index in [4.69, 9.17) is 0 Å². The molecular weight excluding hydrogens is 364 g/mol. The van der Waals surface area contributed by atoms with Gasteiger partial charge in [-0.1, -0.05) is 42.0 Å². The first-order chi connectivity index (χ1) is 14.1. The van der Waals surface area contributed by atoms with E-state index in [0.717, 1.165) is 22.3 Å². The smallest absolute Gasteiger partial charge is 0.263 e. The predicted molar refractivity (Wildman–Crippen MR) is 112 cm³/mol. The zero-order valence-electron chi connectivity index (χ0n) is 16.0. The highest BCUT2D eigenvalue weighted by molar-refractivity contribution is 6.08. The Kier molecular flexibility index (Phi) is 3.87. The zero-order chi connectivity index (χ0) is 20.0. The molecule has 0 saturated carbocycles. The molecule has 0 radical (unpaired) electrons. The Morgan fingerprint density at radius 2 is 1.83 bits per heavy atom. The molecule has 142 valence electrons. The molecule has 29 heavy (non-hydrogen) atoms. The number of fused-ring (bicyclic) bond motifs is 2. The number of nitrogens with one attached hydrogen (secondary N) is 1. The van der Waals surface area contributed by atoms with E-state index in [-0.39, 0.29) is 5.91 Å². The Bertz CT molecular complexity index is 1360. The molecule has 0 saturated heterocycles. The van der Waals surface area contributed by atoms with Crippen LogP contribution in [0.15, 0.2) is 67.0 Å². The van der Waals surface area contributed by atoms with Crippen LogP contribution in [-0.4, -0.2) is 30.1 Å². The number of hydrogen-bond acceptors (Lipinski definition) is 4. The van der Waals surface area contributed by atoms with Gasteiger partial charge in [-0.25, -0.2) is 14.5 Å². The number of carbonyl (C=O) groups excluding carboxylic acids is 1. The summed E-state index contributed by atoms with van der Waals surface area (Å²) >= 11 is 0. The molecule has 0 aliphatic carbocycles. The van der Waals surface area contributed by atoms with Crippen LogP contribution in [0.3, 0.4) is 0 Å². The third-order valence-corrected chi connectivity index (χ3v) is 5.01. The summed E-state index contributed by atoms with van der Waals surface area (Å²) in [6, 6.07) is 17.8. The number of nitrogens with zero attached hydrogens (tertiary/aromatic N) is 5. The number of anilines is 1. The Morgan fingerprint density at radius 1 is 1.03 bits per heavy atom. The molecule has 2 aromatic carbocycles. The van der Waals surface area contributed by atoms with Crippen molar-refractivity contribution in [1.82, 2.24) is 24.1 Å². The molecule has 0 spiro atoms. The summed E-state index contributed by atoms with van der Waals surface area (Å²) in [5.41, 5.74) is 5.73. The largest absolute Gasteiger partial charge is 0.313 e. The number of imidazole rings is 1. The number of hydrogen-bond donors (Lipinski definition) is 1. The number of aryl methyl sites for hydroxylation is 2. The Balaban J connectivity index is 1.53. The Morgan fingerprint density at radius 3 is 2.62 bits per heavy atom. The van der Waals surface area contributed by atoms with Gasteiger partial charge in [0.15, 0.2) is 5.65 Å². The van der Waals surface area contributed by atoms with Crippen LogP contribution in [0.1, 0.15) is 15.9 Å². The van der Waals surface area contributed by atoms with Gasteiger partial charge >= 0.3 is 0 Å². The van der Waals surface area contributed by atoms with Gasteiger partial charge in [-0.3, -0.25) is 10.1 Å². The molecule has 3 heterocycles. The minimum absolute atomic E-state index is 0.299. The van der Waals surface area contributed by atoms with Crippen molar-refractivity contribution in [1.29, 1.82) is 0 Å². The third-order valence-electron chi connectivity index (χ3n) is 5.01. The van der Waals surface area contributed by atoms with Crippen molar-refractivity contribution in [3.63, 3.8) is 0 Å². The van der Waals surface area contributed by atoms with E-state index in [2.05, 4.69) is 20.4 Å². The van der Waals surface area contributed by atoms with Gasteiger partial charge in [0.05, 0.1) is 22.9 Å². The molecule has 0 bridgehead atoms. The Labute approximate surface area is 166 Å². The first kappa shape index (κ1) is 17.1. The molecule has 3 aromatic heterocycles. The van der Waals surface area contributed by atoms with Crippen LogP contribution in [0, 0.1) is 6.92 Å². The van der Waals surface area contributed by atoms with Crippen molar-refractivity contribution in [3.8, 4) is 11.3 Å². The molecule has 5 aromatic rings. The summed E-state index contributed by atoms with van der Waals surface area (Å²) in [7, 11) is 1.87. The number of carbonyl (C=O) groups is 1. The second-order valence-electron chi connectivity index (χ2n) is 6.93. The van der Waals surface area contributed by atoms with E-state index in [1.54, 1.807) is 10.7 Å². The van der Waals surface area contributed by atoms with Crippen LogP contribution in [0.2, 0.25) is 0 Å². The molecule has 5 rings (SSSR count). The van der Waals surface area contributed by atoms with Gasteiger partial charge in [0.25, 0.3) is 5.91 Å². The zero-order valence-corrected chi connectivity index (χ0v) is 16.0. The fraction of sp³-hybridized carbons (Fsp3) is 0.0909. The fourth-order valence-electron chi connectivity index (χ4n) is 3.42. The van der Waals surface area contributed by atoms with Crippen LogP contribution in [0.5, 0.6) is 0 Å². The molecular formula is C22H18N6O. The maximum absolute atomic E-state index is 13.0. The summed E-state index contributed by atoms with van der Waals surface area (Å²) in [5, 5.41) is 7.29. The van der Waals surface area contributed by atoms with Crippen LogP contribution in [0.4, 0.5) is 5.95 Å². The van der Waals surface area contributed by atoms with Gasteiger partial charge in [-0.15, -0.1) is 0 Å². The van der Waals surface area contributed by atoms with Crippen molar-refractivity contribution in [2.24, 2.45) is 7.05 Å². The standard InChI is InChI=1S/C22H18N6O/c1-14-7-9-15(10-8-14)18-11-12-23-20-16(13-24-28(18)20)21(29)26-22-25-17-5-3-4-6-19(17)27(22)2/h3-13H,1-2H3,(H,25,26,29). The number of aromatic nitrogens is 5. The van der Waals surface area contributed by atoms with Gasteiger partial charge in [0, 0.05) is 18.8 Å². The molecule has 1 amide bonds. The minimum atomic E-state index is -0.299. The van der Waals surface area contributed by atoms with E-state index in [9.17, 15) is 4.79 Å². The summed E-state index contributed by atoms with van der Waals surface area (Å²) in [6.45, 7) is 2.04. The maximum Gasteiger partial charge on any atom is 0.263 e.